The third-order valence-electron chi connectivity index (χ3n) is 5.75. The summed E-state index contributed by atoms with van der Waals surface area (Å²) in [5.41, 5.74) is 2.93. The van der Waals surface area contributed by atoms with Gasteiger partial charge in [0.2, 0.25) is 5.91 Å². The van der Waals surface area contributed by atoms with Gasteiger partial charge in [-0.2, -0.15) is 0 Å². The number of benzene rings is 2. The summed E-state index contributed by atoms with van der Waals surface area (Å²) in [6.45, 7) is 6.60. The van der Waals surface area contributed by atoms with E-state index in [4.69, 9.17) is 4.74 Å². The van der Waals surface area contributed by atoms with Gasteiger partial charge in [-0.3, -0.25) is 4.79 Å². The molecule has 8 heteroatoms. The number of thioether (sulfide) groups is 1. The van der Waals surface area contributed by atoms with Gasteiger partial charge in [0.25, 0.3) is 0 Å². The molecule has 0 spiro atoms. The molecule has 192 valence electrons. The maximum atomic E-state index is 13.6. The lowest BCUT2D eigenvalue weighted by Crippen LogP contribution is -2.44. The first kappa shape index (κ1) is 27.8. The minimum Gasteiger partial charge on any atom is -0.382 e. The third-order valence-corrected chi connectivity index (χ3v) is 7.50. The summed E-state index contributed by atoms with van der Waals surface area (Å²) in [5, 5.41) is 5.00. The topological polar surface area (TPSA) is 61.9 Å². The minimum absolute atomic E-state index is 0.00187. The van der Waals surface area contributed by atoms with E-state index in [2.05, 4.69) is 18.3 Å². The Morgan fingerprint density at radius 2 is 1.75 bits per heavy atom. The van der Waals surface area contributed by atoms with E-state index in [9.17, 15) is 9.59 Å². The van der Waals surface area contributed by atoms with Gasteiger partial charge in [-0.05, 0) is 73.4 Å². The maximum Gasteiger partial charge on any atom is 0.322 e. The maximum absolute atomic E-state index is 13.6. The Morgan fingerprint density at radius 1 is 1.00 bits per heavy atom. The molecule has 0 aliphatic carbocycles. The van der Waals surface area contributed by atoms with Crippen LogP contribution in [-0.2, 0) is 22.6 Å². The molecular formula is C28H35N3O3S2. The number of aryl methyl sites for hydroxylation is 1. The number of urea groups is 1. The van der Waals surface area contributed by atoms with Gasteiger partial charge in [0, 0.05) is 41.8 Å². The Bertz CT molecular complexity index is 1090. The van der Waals surface area contributed by atoms with E-state index in [0.717, 1.165) is 15.3 Å². The quantitative estimate of drug-likeness (QED) is 0.211. The monoisotopic (exact) mass is 525 g/mol. The average molecular weight is 526 g/mol. The molecule has 3 amide bonds. The van der Waals surface area contributed by atoms with Crippen LogP contribution in [0.25, 0.3) is 0 Å². The predicted octanol–water partition coefficient (Wildman–Crippen LogP) is 6.27. The van der Waals surface area contributed by atoms with Crippen molar-refractivity contribution in [3.8, 4) is 0 Å². The van der Waals surface area contributed by atoms with Crippen molar-refractivity contribution in [2.45, 2.75) is 38.3 Å². The predicted molar refractivity (Wildman–Crippen MR) is 150 cm³/mol. The number of anilines is 1. The number of carbonyl (C=O) groups is 2. The minimum atomic E-state index is -0.288. The second-order valence-electron chi connectivity index (χ2n) is 8.39. The highest BCUT2D eigenvalue weighted by Gasteiger charge is 2.23. The van der Waals surface area contributed by atoms with Crippen molar-refractivity contribution in [3.63, 3.8) is 0 Å². The van der Waals surface area contributed by atoms with Gasteiger partial charge in [-0.1, -0.05) is 30.3 Å². The van der Waals surface area contributed by atoms with Crippen LogP contribution in [-0.4, -0.2) is 54.3 Å². The third kappa shape index (κ3) is 8.69. The van der Waals surface area contributed by atoms with Gasteiger partial charge in [0.15, 0.2) is 0 Å². The molecular weight excluding hydrogens is 490 g/mol. The summed E-state index contributed by atoms with van der Waals surface area (Å²) < 4.78 is 5.47. The number of rotatable bonds is 13. The van der Waals surface area contributed by atoms with Crippen LogP contribution in [0.5, 0.6) is 0 Å². The van der Waals surface area contributed by atoms with Crippen LogP contribution in [0.3, 0.4) is 0 Å². The van der Waals surface area contributed by atoms with E-state index >= 15 is 0 Å². The van der Waals surface area contributed by atoms with E-state index in [1.165, 1.54) is 5.56 Å². The fourth-order valence-corrected chi connectivity index (χ4v) is 5.00. The van der Waals surface area contributed by atoms with Crippen molar-refractivity contribution in [3.05, 3.63) is 82.0 Å². The zero-order valence-electron chi connectivity index (χ0n) is 21.2. The lowest BCUT2D eigenvalue weighted by atomic mass is 10.2. The molecule has 0 bridgehead atoms. The van der Waals surface area contributed by atoms with Gasteiger partial charge in [0.1, 0.15) is 6.54 Å². The van der Waals surface area contributed by atoms with Gasteiger partial charge in [0.05, 0.1) is 6.54 Å². The zero-order chi connectivity index (χ0) is 25.8. The molecule has 1 N–H and O–H groups in total. The summed E-state index contributed by atoms with van der Waals surface area (Å²) in [6, 6.07) is 19.4. The molecule has 0 fully saturated rings. The van der Waals surface area contributed by atoms with Crippen molar-refractivity contribution in [2.75, 3.05) is 37.9 Å². The number of hydrogen-bond acceptors (Lipinski definition) is 5. The number of thiophene rings is 1. The highest BCUT2D eigenvalue weighted by atomic mass is 32.2. The van der Waals surface area contributed by atoms with Crippen LogP contribution < -0.4 is 5.32 Å². The van der Waals surface area contributed by atoms with Crippen LogP contribution in [0.2, 0.25) is 0 Å². The first-order valence-corrected chi connectivity index (χ1v) is 14.2. The number of ether oxygens (including phenoxy) is 1. The largest absolute Gasteiger partial charge is 0.382 e. The molecule has 1 heterocycles. The van der Waals surface area contributed by atoms with Gasteiger partial charge >= 0.3 is 6.03 Å². The SMILES string of the molecule is CCOCCCN(CC(=O)N(Cc1ccccc1)Cc1sccc1C)C(=O)Nc1ccc(SC)cc1. The molecule has 0 aliphatic heterocycles. The molecule has 0 saturated carbocycles. The molecule has 36 heavy (non-hydrogen) atoms. The number of nitrogens with zero attached hydrogens (tertiary/aromatic N) is 2. The summed E-state index contributed by atoms with van der Waals surface area (Å²) >= 11 is 3.30. The number of carbonyl (C=O) groups excluding carboxylic acids is 2. The Hall–Kier alpha value is -2.81. The van der Waals surface area contributed by atoms with Crippen molar-refractivity contribution in [1.82, 2.24) is 9.80 Å². The second kappa shape index (κ2) is 14.7. The highest BCUT2D eigenvalue weighted by molar-refractivity contribution is 7.98. The molecule has 1 aromatic heterocycles. The summed E-state index contributed by atoms with van der Waals surface area (Å²) in [6.07, 6.45) is 2.67. The van der Waals surface area contributed by atoms with Crippen molar-refractivity contribution < 1.29 is 14.3 Å². The molecule has 0 atom stereocenters. The fourth-order valence-electron chi connectivity index (χ4n) is 3.67. The number of amides is 3. The normalized spacial score (nSPS) is 10.8. The number of nitrogens with one attached hydrogen (secondary N) is 1. The molecule has 2 aromatic carbocycles. The lowest BCUT2D eigenvalue weighted by Gasteiger charge is -2.28. The molecule has 0 aliphatic rings. The summed E-state index contributed by atoms with van der Waals surface area (Å²) in [4.78, 5) is 32.5. The van der Waals surface area contributed by atoms with E-state index < -0.39 is 0 Å². The van der Waals surface area contributed by atoms with Gasteiger partial charge in [-0.15, -0.1) is 23.1 Å². The second-order valence-corrected chi connectivity index (χ2v) is 10.3. The Morgan fingerprint density at radius 3 is 2.39 bits per heavy atom. The Kier molecular flexibility index (Phi) is 11.3. The highest BCUT2D eigenvalue weighted by Crippen LogP contribution is 2.20. The zero-order valence-corrected chi connectivity index (χ0v) is 22.9. The van der Waals surface area contributed by atoms with Crippen molar-refractivity contribution in [2.24, 2.45) is 0 Å². The van der Waals surface area contributed by atoms with E-state index in [-0.39, 0.29) is 18.5 Å². The van der Waals surface area contributed by atoms with E-state index in [1.807, 2.05) is 78.1 Å². The summed E-state index contributed by atoms with van der Waals surface area (Å²) in [7, 11) is 0. The number of hydrogen-bond donors (Lipinski definition) is 1. The van der Waals surface area contributed by atoms with Crippen LogP contribution in [0.15, 0.2) is 70.9 Å². The average Bonchev–Trinajstić information content (AvgIpc) is 3.30. The smallest absolute Gasteiger partial charge is 0.322 e. The summed E-state index contributed by atoms with van der Waals surface area (Å²) in [5.74, 6) is -0.0871. The van der Waals surface area contributed by atoms with Crippen LogP contribution in [0.1, 0.15) is 29.3 Å². The first-order chi connectivity index (χ1) is 17.5. The van der Waals surface area contributed by atoms with Gasteiger partial charge in [-0.25, -0.2) is 4.79 Å². The van der Waals surface area contributed by atoms with Crippen LogP contribution >= 0.6 is 23.1 Å². The molecule has 3 rings (SSSR count). The first-order valence-electron chi connectivity index (χ1n) is 12.1. The van der Waals surface area contributed by atoms with Gasteiger partial charge < -0.3 is 19.9 Å². The van der Waals surface area contributed by atoms with E-state index in [0.29, 0.717) is 45.0 Å². The van der Waals surface area contributed by atoms with Crippen molar-refractivity contribution in [1.29, 1.82) is 0 Å². The molecule has 6 nitrogen and oxygen atoms in total. The molecule has 3 aromatic rings. The molecule has 0 saturated heterocycles. The standard InChI is InChI=1S/C28H35N3O3S2/c1-4-34-17-8-16-30(28(33)29-24-11-13-25(35-3)14-12-24)21-27(32)31(19-23-9-6-5-7-10-23)20-26-22(2)15-18-36-26/h5-7,9-15,18H,4,8,16-17,19-21H2,1-3H3,(H,29,33). The molecule has 0 unspecified atom stereocenters. The fraction of sp³-hybridized carbons (Fsp3) is 0.357. The van der Waals surface area contributed by atoms with Crippen molar-refractivity contribution >= 4 is 40.7 Å². The lowest BCUT2D eigenvalue weighted by molar-refractivity contribution is -0.133. The Labute approximate surface area is 222 Å². The van der Waals surface area contributed by atoms with Crippen LogP contribution in [0, 0.1) is 6.92 Å². The molecule has 0 radical (unpaired) electrons. The van der Waals surface area contributed by atoms with E-state index in [1.54, 1.807) is 28.0 Å². The Balaban J connectivity index is 1.74. The van der Waals surface area contributed by atoms with Crippen LogP contribution in [0.4, 0.5) is 10.5 Å².